The van der Waals surface area contributed by atoms with Crippen LogP contribution in [0.15, 0.2) is 71.0 Å². The van der Waals surface area contributed by atoms with Crippen molar-refractivity contribution in [3.05, 3.63) is 76.4 Å². The fourth-order valence-corrected chi connectivity index (χ4v) is 3.36. The zero-order chi connectivity index (χ0) is 16.1. The summed E-state index contributed by atoms with van der Waals surface area (Å²) in [5.41, 5.74) is 2.87. The van der Waals surface area contributed by atoms with Crippen LogP contribution >= 0.6 is 11.3 Å². The molecule has 1 aromatic heterocycles. The highest BCUT2D eigenvalue weighted by Gasteiger charge is 2.09. The molecule has 0 aliphatic heterocycles. The van der Waals surface area contributed by atoms with Gasteiger partial charge >= 0.3 is 0 Å². The van der Waals surface area contributed by atoms with Crippen molar-refractivity contribution < 1.29 is 4.79 Å². The van der Waals surface area contributed by atoms with Crippen LogP contribution in [0.5, 0.6) is 0 Å². The highest BCUT2D eigenvalue weighted by molar-refractivity contribution is 7.07. The van der Waals surface area contributed by atoms with Crippen molar-refractivity contribution in [2.24, 2.45) is 4.99 Å². The molecule has 0 spiro atoms. The summed E-state index contributed by atoms with van der Waals surface area (Å²) >= 11 is 1.51. The minimum Gasteiger partial charge on any atom is -0.316 e. The van der Waals surface area contributed by atoms with Crippen molar-refractivity contribution in [3.63, 3.8) is 0 Å². The first-order chi connectivity index (χ1) is 11.3. The molecule has 0 unspecified atom stereocenters. The summed E-state index contributed by atoms with van der Waals surface area (Å²) in [6.45, 7) is 2.97. The molecule has 0 radical (unpaired) electrons. The first-order valence-corrected chi connectivity index (χ1v) is 8.55. The van der Waals surface area contributed by atoms with Crippen molar-refractivity contribution >= 4 is 17.2 Å². The number of rotatable bonds is 4. The Morgan fingerprint density at radius 3 is 2.35 bits per heavy atom. The largest absolute Gasteiger partial charge is 0.316 e. The van der Waals surface area contributed by atoms with Crippen molar-refractivity contribution in [3.8, 4) is 11.3 Å². The number of nitrogens with zero attached hydrogens (tertiary/aromatic N) is 2. The molecule has 23 heavy (non-hydrogen) atoms. The third kappa shape index (κ3) is 3.48. The van der Waals surface area contributed by atoms with Gasteiger partial charge in [0.2, 0.25) is 0 Å². The van der Waals surface area contributed by atoms with Gasteiger partial charge in [0.15, 0.2) is 4.80 Å². The van der Waals surface area contributed by atoms with Crippen LogP contribution in [0.3, 0.4) is 0 Å². The highest BCUT2D eigenvalue weighted by atomic mass is 32.1. The van der Waals surface area contributed by atoms with Crippen molar-refractivity contribution in [1.29, 1.82) is 0 Å². The molecule has 116 valence electrons. The molecule has 0 bridgehead atoms. The van der Waals surface area contributed by atoms with Gasteiger partial charge in [0.1, 0.15) is 0 Å². The Hall–Kier alpha value is -2.46. The van der Waals surface area contributed by atoms with Gasteiger partial charge in [-0.2, -0.15) is 4.99 Å². The lowest BCUT2D eigenvalue weighted by Gasteiger charge is -2.07. The SMILES string of the molecule is CCCn1c(-c2ccccc2)cs/c1=N/C(=O)c1ccccc1. The van der Waals surface area contributed by atoms with Crippen molar-refractivity contribution in [2.45, 2.75) is 19.9 Å². The molecular weight excluding hydrogens is 304 g/mol. The Labute approximate surface area is 139 Å². The standard InChI is InChI=1S/C19H18N2OS/c1-2-13-21-17(15-9-5-3-6-10-15)14-23-19(21)20-18(22)16-11-7-4-8-12-16/h3-12,14H,2,13H2,1H3/b20-19+. The summed E-state index contributed by atoms with van der Waals surface area (Å²) < 4.78 is 2.13. The average molecular weight is 322 g/mol. The van der Waals surface area contributed by atoms with Gasteiger partial charge in [0, 0.05) is 17.5 Å². The average Bonchev–Trinajstić information content (AvgIpc) is 2.99. The Kier molecular flexibility index (Phi) is 4.83. The van der Waals surface area contributed by atoms with E-state index < -0.39 is 0 Å². The lowest BCUT2D eigenvalue weighted by Crippen LogP contribution is -2.18. The summed E-state index contributed by atoms with van der Waals surface area (Å²) in [6, 6.07) is 19.4. The Morgan fingerprint density at radius 2 is 1.70 bits per heavy atom. The number of hydrogen-bond acceptors (Lipinski definition) is 2. The van der Waals surface area contributed by atoms with Gasteiger partial charge in [0.25, 0.3) is 5.91 Å². The smallest absolute Gasteiger partial charge is 0.279 e. The van der Waals surface area contributed by atoms with Gasteiger partial charge in [0.05, 0.1) is 5.69 Å². The van der Waals surface area contributed by atoms with Crippen LogP contribution in [0.2, 0.25) is 0 Å². The molecule has 0 saturated carbocycles. The number of amides is 1. The molecule has 3 rings (SSSR count). The van der Waals surface area contributed by atoms with Gasteiger partial charge in [-0.15, -0.1) is 11.3 Å². The van der Waals surface area contributed by atoms with Gasteiger partial charge in [-0.05, 0) is 24.1 Å². The molecule has 0 atom stereocenters. The third-order valence-corrected chi connectivity index (χ3v) is 4.40. The van der Waals surface area contributed by atoms with E-state index in [0.717, 1.165) is 29.0 Å². The normalized spacial score (nSPS) is 11.6. The van der Waals surface area contributed by atoms with Crippen LogP contribution in [0.4, 0.5) is 0 Å². The number of thiazole rings is 1. The summed E-state index contributed by atoms with van der Waals surface area (Å²) in [6.07, 6.45) is 0.989. The number of hydrogen-bond donors (Lipinski definition) is 0. The maximum Gasteiger partial charge on any atom is 0.279 e. The van der Waals surface area contributed by atoms with E-state index in [4.69, 9.17) is 0 Å². The molecular formula is C19H18N2OS. The zero-order valence-electron chi connectivity index (χ0n) is 13.0. The Morgan fingerprint density at radius 1 is 1.04 bits per heavy atom. The van der Waals surface area contributed by atoms with E-state index in [0.29, 0.717) is 5.56 Å². The minimum atomic E-state index is -0.197. The Bertz CT molecular complexity index is 848. The first kappa shape index (κ1) is 15.4. The van der Waals surface area contributed by atoms with E-state index in [2.05, 4.69) is 34.0 Å². The van der Waals surface area contributed by atoms with Crippen molar-refractivity contribution in [1.82, 2.24) is 4.57 Å². The van der Waals surface area contributed by atoms with Gasteiger partial charge < -0.3 is 4.57 Å². The first-order valence-electron chi connectivity index (χ1n) is 7.67. The monoisotopic (exact) mass is 322 g/mol. The van der Waals surface area contributed by atoms with Gasteiger partial charge in [-0.3, -0.25) is 4.79 Å². The van der Waals surface area contributed by atoms with Crippen LogP contribution in [0, 0.1) is 0 Å². The van der Waals surface area contributed by atoms with Crippen LogP contribution in [-0.2, 0) is 6.54 Å². The molecule has 0 N–H and O–H groups in total. The van der Waals surface area contributed by atoms with Gasteiger partial charge in [-0.25, -0.2) is 0 Å². The molecule has 3 nitrogen and oxygen atoms in total. The fraction of sp³-hybridized carbons (Fsp3) is 0.158. The van der Waals surface area contributed by atoms with E-state index in [1.54, 1.807) is 12.1 Å². The molecule has 0 saturated heterocycles. The van der Waals surface area contributed by atoms with E-state index >= 15 is 0 Å². The van der Waals surface area contributed by atoms with Crippen molar-refractivity contribution in [2.75, 3.05) is 0 Å². The zero-order valence-corrected chi connectivity index (χ0v) is 13.8. The second kappa shape index (κ2) is 7.20. The summed E-state index contributed by atoms with van der Waals surface area (Å²) in [5.74, 6) is -0.197. The Balaban J connectivity index is 2.05. The van der Waals surface area contributed by atoms with Gasteiger partial charge in [-0.1, -0.05) is 55.5 Å². The third-order valence-electron chi connectivity index (χ3n) is 3.53. The van der Waals surface area contributed by atoms with Crippen LogP contribution in [0.1, 0.15) is 23.7 Å². The maximum absolute atomic E-state index is 12.3. The second-order valence-corrected chi connectivity index (χ2v) is 6.04. The molecule has 1 heterocycles. The minimum absolute atomic E-state index is 0.197. The molecule has 4 heteroatoms. The molecule has 0 aliphatic rings. The summed E-state index contributed by atoms with van der Waals surface area (Å²) in [4.78, 5) is 17.4. The van der Waals surface area contributed by atoms with Crippen LogP contribution < -0.4 is 4.80 Å². The lowest BCUT2D eigenvalue weighted by molar-refractivity contribution is 0.0998. The molecule has 1 amide bonds. The van der Waals surface area contributed by atoms with Crippen LogP contribution in [0.25, 0.3) is 11.3 Å². The summed E-state index contributed by atoms with van der Waals surface area (Å²) in [5, 5.41) is 2.07. The van der Waals surface area contributed by atoms with Crippen LogP contribution in [-0.4, -0.2) is 10.5 Å². The van der Waals surface area contributed by atoms with E-state index in [1.807, 2.05) is 36.4 Å². The van der Waals surface area contributed by atoms with E-state index in [1.165, 1.54) is 11.3 Å². The predicted molar refractivity (Wildman–Crippen MR) is 94.4 cm³/mol. The van der Waals surface area contributed by atoms with E-state index in [-0.39, 0.29) is 5.91 Å². The molecule has 2 aromatic carbocycles. The topological polar surface area (TPSA) is 34.4 Å². The summed E-state index contributed by atoms with van der Waals surface area (Å²) in [7, 11) is 0. The number of benzene rings is 2. The second-order valence-electron chi connectivity index (χ2n) is 5.20. The maximum atomic E-state index is 12.3. The predicted octanol–water partition coefficient (Wildman–Crippen LogP) is 4.37. The highest BCUT2D eigenvalue weighted by Crippen LogP contribution is 2.20. The quantitative estimate of drug-likeness (QED) is 0.702. The lowest BCUT2D eigenvalue weighted by atomic mass is 10.2. The fourth-order valence-electron chi connectivity index (χ4n) is 2.43. The number of aromatic nitrogens is 1. The van der Waals surface area contributed by atoms with E-state index in [9.17, 15) is 4.79 Å². The molecule has 0 fully saturated rings. The molecule has 0 aliphatic carbocycles. The molecule has 3 aromatic rings. The number of carbonyl (C=O) groups is 1. The number of carbonyl (C=O) groups excluding carboxylic acids is 1.